The topological polar surface area (TPSA) is 81.3 Å². The lowest BCUT2D eigenvalue weighted by atomic mass is 10.0. The number of carbonyl (C=O) groups is 2. The average molecular weight is 440 g/mol. The van der Waals surface area contributed by atoms with Crippen LogP contribution in [0.5, 0.6) is 0 Å². The van der Waals surface area contributed by atoms with E-state index in [0.29, 0.717) is 31.9 Å². The molecule has 0 radical (unpaired) electrons. The molecule has 5 rings (SSSR count). The molecule has 166 valence electrons. The normalized spacial score (nSPS) is 15.3. The quantitative estimate of drug-likeness (QED) is 0.497. The maximum Gasteiger partial charge on any atom is 0.275 e. The number of benzene rings is 3. The molecule has 1 aliphatic rings. The first-order valence-electron chi connectivity index (χ1n) is 11.1. The third kappa shape index (κ3) is 4.36. The minimum absolute atomic E-state index is 0.0783. The van der Waals surface area contributed by atoms with E-state index in [1.54, 1.807) is 0 Å². The van der Waals surface area contributed by atoms with Gasteiger partial charge in [-0.25, -0.2) is 0 Å². The van der Waals surface area contributed by atoms with E-state index in [9.17, 15) is 9.59 Å². The highest BCUT2D eigenvalue weighted by Crippen LogP contribution is 2.25. The molecule has 4 aromatic rings. The molecule has 1 atom stereocenters. The van der Waals surface area contributed by atoms with E-state index in [2.05, 4.69) is 20.4 Å². The van der Waals surface area contributed by atoms with Crippen LogP contribution in [0.25, 0.3) is 10.9 Å². The lowest BCUT2D eigenvalue weighted by Gasteiger charge is -2.38. The molecule has 2 N–H and O–H groups in total. The molecule has 33 heavy (non-hydrogen) atoms. The summed E-state index contributed by atoms with van der Waals surface area (Å²) in [5, 5.41) is 11.1. The van der Waals surface area contributed by atoms with Gasteiger partial charge >= 0.3 is 0 Å². The number of fused-ring (bicyclic) bond motifs is 1. The van der Waals surface area contributed by atoms with Crippen molar-refractivity contribution >= 4 is 28.4 Å². The molecule has 1 aromatic heterocycles. The van der Waals surface area contributed by atoms with Crippen molar-refractivity contribution in [2.24, 2.45) is 0 Å². The summed E-state index contributed by atoms with van der Waals surface area (Å²) in [6.07, 6.45) is 0. The fourth-order valence-corrected chi connectivity index (χ4v) is 4.35. The standard InChI is InChI=1S/C26H25N5O2/c32-25(27-20-11-5-2-6-12-20)24(19-9-3-1-4-10-19)30-15-17-31(18-16-30)26(33)23-21-13-7-8-14-22(21)28-29-23/h1-14,24H,15-18H2,(H,27,32)(H,28,29)/t24-/m1/s1. The van der Waals surface area contributed by atoms with Gasteiger partial charge in [0, 0.05) is 37.3 Å². The van der Waals surface area contributed by atoms with E-state index in [0.717, 1.165) is 22.2 Å². The molecule has 0 bridgehead atoms. The number of piperazine rings is 1. The smallest absolute Gasteiger partial charge is 0.275 e. The lowest BCUT2D eigenvalue weighted by Crippen LogP contribution is -2.51. The highest BCUT2D eigenvalue weighted by Gasteiger charge is 2.32. The zero-order valence-corrected chi connectivity index (χ0v) is 18.1. The number of hydrogen-bond donors (Lipinski definition) is 2. The first kappa shape index (κ1) is 20.9. The van der Waals surface area contributed by atoms with Gasteiger partial charge in [0.1, 0.15) is 6.04 Å². The largest absolute Gasteiger partial charge is 0.335 e. The number of H-pyrrole nitrogens is 1. The molecule has 1 aliphatic heterocycles. The number of nitrogens with zero attached hydrogens (tertiary/aromatic N) is 3. The molecule has 0 spiro atoms. The second-order valence-electron chi connectivity index (χ2n) is 8.11. The second kappa shape index (κ2) is 9.26. The molecule has 3 aromatic carbocycles. The number of amides is 2. The van der Waals surface area contributed by atoms with Gasteiger partial charge in [-0.1, -0.05) is 66.7 Å². The van der Waals surface area contributed by atoms with Crippen LogP contribution in [-0.4, -0.2) is 58.0 Å². The van der Waals surface area contributed by atoms with Crippen LogP contribution in [0.3, 0.4) is 0 Å². The third-order valence-electron chi connectivity index (χ3n) is 6.04. The monoisotopic (exact) mass is 439 g/mol. The van der Waals surface area contributed by atoms with E-state index in [-0.39, 0.29) is 11.8 Å². The molecule has 2 amide bonds. The molecule has 2 heterocycles. The fraction of sp³-hybridized carbons (Fsp3) is 0.192. The molecule has 0 aliphatic carbocycles. The zero-order valence-electron chi connectivity index (χ0n) is 18.1. The summed E-state index contributed by atoms with van der Waals surface area (Å²) in [6.45, 7) is 2.25. The van der Waals surface area contributed by atoms with Gasteiger partial charge < -0.3 is 10.2 Å². The van der Waals surface area contributed by atoms with Crippen LogP contribution in [0, 0.1) is 0 Å². The summed E-state index contributed by atoms with van der Waals surface area (Å²) in [4.78, 5) is 30.4. The Kier molecular flexibility index (Phi) is 5.87. The van der Waals surface area contributed by atoms with Gasteiger partial charge in [0.05, 0.1) is 5.52 Å². The van der Waals surface area contributed by atoms with Gasteiger partial charge in [-0.2, -0.15) is 5.10 Å². The van der Waals surface area contributed by atoms with Crippen molar-refractivity contribution in [3.8, 4) is 0 Å². The number of carbonyl (C=O) groups excluding carboxylic acids is 2. The maximum absolute atomic E-state index is 13.3. The summed E-state index contributed by atoms with van der Waals surface area (Å²) < 4.78 is 0. The van der Waals surface area contributed by atoms with Crippen LogP contribution in [0.15, 0.2) is 84.9 Å². The SMILES string of the molecule is O=C(Nc1ccccc1)[C@@H](c1ccccc1)N1CCN(C(=O)c2n[nH]c3ccccc23)CC1. The number of hydrogen-bond acceptors (Lipinski definition) is 4. The van der Waals surface area contributed by atoms with Crippen LogP contribution in [0.1, 0.15) is 22.1 Å². The summed E-state index contributed by atoms with van der Waals surface area (Å²) in [5.74, 6) is -0.164. The van der Waals surface area contributed by atoms with Crippen LogP contribution in [-0.2, 0) is 4.79 Å². The van der Waals surface area contributed by atoms with E-state index in [1.807, 2.05) is 89.8 Å². The second-order valence-corrected chi connectivity index (χ2v) is 8.11. The Labute approximate surface area is 192 Å². The van der Waals surface area contributed by atoms with Crippen molar-refractivity contribution in [2.45, 2.75) is 6.04 Å². The molecule has 7 nitrogen and oxygen atoms in total. The summed E-state index contributed by atoms with van der Waals surface area (Å²) in [6, 6.07) is 26.5. The molecule has 1 fully saturated rings. The van der Waals surface area contributed by atoms with Gasteiger partial charge in [0.15, 0.2) is 5.69 Å². The van der Waals surface area contributed by atoms with Crippen molar-refractivity contribution in [3.05, 3.63) is 96.2 Å². The van der Waals surface area contributed by atoms with Crippen molar-refractivity contribution < 1.29 is 9.59 Å². The van der Waals surface area contributed by atoms with Gasteiger partial charge in [0.25, 0.3) is 5.91 Å². The number of para-hydroxylation sites is 2. The van der Waals surface area contributed by atoms with Gasteiger partial charge in [-0.15, -0.1) is 0 Å². The average Bonchev–Trinajstić information content (AvgIpc) is 3.30. The Hall–Kier alpha value is -3.97. The Bertz CT molecular complexity index is 1250. The summed E-state index contributed by atoms with van der Waals surface area (Å²) in [7, 11) is 0. The van der Waals surface area contributed by atoms with Gasteiger partial charge in [0.2, 0.25) is 5.91 Å². The Balaban J connectivity index is 1.32. The Morgan fingerprint density at radius 3 is 2.18 bits per heavy atom. The van der Waals surface area contributed by atoms with Crippen molar-refractivity contribution in [2.75, 3.05) is 31.5 Å². The number of rotatable bonds is 5. The number of nitrogens with one attached hydrogen (secondary N) is 2. The zero-order chi connectivity index (χ0) is 22.6. The first-order valence-corrected chi connectivity index (χ1v) is 11.1. The van der Waals surface area contributed by atoms with Crippen LogP contribution in [0.2, 0.25) is 0 Å². The predicted octanol–water partition coefficient (Wildman–Crippen LogP) is 3.70. The number of aromatic amines is 1. The third-order valence-corrected chi connectivity index (χ3v) is 6.04. The summed E-state index contributed by atoms with van der Waals surface area (Å²) in [5.41, 5.74) is 2.99. The van der Waals surface area contributed by atoms with E-state index in [4.69, 9.17) is 0 Å². The predicted molar refractivity (Wildman–Crippen MR) is 128 cm³/mol. The molecule has 1 saturated heterocycles. The van der Waals surface area contributed by atoms with Crippen LogP contribution in [0.4, 0.5) is 5.69 Å². The fourth-order valence-electron chi connectivity index (χ4n) is 4.35. The minimum atomic E-state index is -0.435. The number of aromatic nitrogens is 2. The Morgan fingerprint density at radius 1 is 0.818 bits per heavy atom. The van der Waals surface area contributed by atoms with E-state index in [1.165, 1.54) is 0 Å². The molecule has 0 unspecified atom stereocenters. The van der Waals surface area contributed by atoms with Crippen LogP contribution < -0.4 is 5.32 Å². The number of anilines is 1. The van der Waals surface area contributed by atoms with Crippen LogP contribution >= 0.6 is 0 Å². The highest BCUT2D eigenvalue weighted by molar-refractivity contribution is 6.04. The first-order chi connectivity index (χ1) is 16.2. The van der Waals surface area contributed by atoms with E-state index >= 15 is 0 Å². The highest BCUT2D eigenvalue weighted by atomic mass is 16.2. The van der Waals surface area contributed by atoms with Gasteiger partial charge in [-0.3, -0.25) is 19.6 Å². The maximum atomic E-state index is 13.3. The summed E-state index contributed by atoms with van der Waals surface area (Å²) >= 11 is 0. The minimum Gasteiger partial charge on any atom is -0.335 e. The molecule has 7 heteroatoms. The van der Waals surface area contributed by atoms with Crippen molar-refractivity contribution in [1.29, 1.82) is 0 Å². The van der Waals surface area contributed by atoms with E-state index < -0.39 is 6.04 Å². The van der Waals surface area contributed by atoms with Gasteiger partial charge in [-0.05, 0) is 23.8 Å². The van der Waals surface area contributed by atoms with Crippen molar-refractivity contribution in [3.63, 3.8) is 0 Å². The lowest BCUT2D eigenvalue weighted by molar-refractivity contribution is -0.122. The molecular formula is C26H25N5O2. The molecule has 0 saturated carbocycles. The van der Waals surface area contributed by atoms with Crippen molar-refractivity contribution in [1.82, 2.24) is 20.0 Å². The molecular weight excluding hydrogens is 414 g/mol. The Morgan fingerprint density at radius 2 is 1.45 bits per heavy atom.